The van der Waals surface area contributed by atoms with Crippen molar-refractivity contribution in [3.63, 3.8) is 0 Å². The van der Waals surface area contributed by atoms with Gasteiger partial charge in [-0.05, 0) is 24.6 Å². The Labute approximate surface area is 115 Å². The van der Waals surface area contributed by atoms with Crippen LogP contribution in [0.2, 0.25) is 0 Å². The fraction of sp³-hybridized carbons (Fsp3) is 0.214. The van der Waals surface area contributed by atoms with Crippen LogP contribution in [-0.2, 0) is 6.54 Å². The predicted molar refractivity (Wildman–Crippen MR) is 72.1 cm³/mol. The molecule has 20 heavy (non-hydrogen) atoms. The second kappa shape index (κ2) is 6.01. The van der Waals surface area contributed by atoms with E-state index in [0.29, 0.717) is 6.54 Å². The lowest BCUT2D eigenvalue weighted by atomic mass is 10.2. The van der Waals surface area contributed by atoms with Crippen LogP contribution in [0, 0.1) is 6.92 Å². The van der Waals surface area contributed by atoms with Crippen molar-refractivity contribution in [2.75, 3.05) is 6.61 Å². The van der Waals surface area contributed by atoms with Crippen LogP contribution in [0.25, 0.3) is 0 Å². The summed E-state index contributed by atoms with van der Waals surface area (Å²) in [5, 5.41) is 9.02. The molecule has 2 rings (SSSR count). The van der Waals surface area contributed by atoms with Gasteiger partial charge in [0.25, 0.3) is 0 Å². The first-order chi connectivity index (χ1) is 9.58. The van der Waals surface area contributed by atoms with Crippen LogP contribution < -0.4 is 10.4 Å². The van der Waals surface area contributed by atoms with Crippen LogP contribution in [0.3, 0.4) is 0 Å². The monoisotopic (exact) mass is 274 g/mol. The lowest BCUT2D eigenvalue weighted by Crippen LogP contribution is -2.25. The van der Waals surface area contributed by atoms with Gasteiger partial charge in [0.15, 0.2) is 0 Å². The lowest BCUT2D eigenvalue weighted by Gasteiger charge is -2.10. The molecule has 0 amide bonds. The zero-order chi connectivity index (χ0) is 14.5. The van der Waals surface area contributed by atoms with Crippen LogP contribution >= 0.6 is 0 Å². The molecule has 0 atom stereocenters. The maximum absolute atomic E-state index is 11.5. The smallest absolute Gasteiger partial charge is 0.347 e. The molecule has 6 nitrogen and oxygen atoms in total. The summed E-state index contributed by atoms with van der Waals surface area (Å²) in [4.78, 5) is 26.2. The highest BCUT2D eigenvalue weighted by molar-refractivity contribution is 5.90. The van der Waals surface area contributed by atoms with Crippen molar-refractivity contribution < 1.29 is 14.6 Å². The van der Waals surface area contributed by atoms with Crippen molar-refractivity contribution in [1.29, 1.82) is 0 Å². The Bertz CT molecular complexity index is 679. The summed E-state index contributed by atoms with van der Waals surface area (Å²) >= 11 is 0. The topological polar surface area (TPSA) is 81.4 Å². The molecule has 104 valence electrons. The number of ether oxygens (including phenoxy) is 1. The molecule has 6 heteroatoms. The van der Waals surface area contributed by atoms with Gasteiger partial charge in [-0.2, -0.15) is 0 Å². The van der Waals surface area contributed by atoms with Gasteiger partial charge >= 0.3 is 11.7 Å². The number of aryl methyl sites for hydroxylation is 1. The minimum atomic E-state index is -1.05. The highest BCUT2D eigenvalue weighted by atomic mass is 16.5. The van der Waals surface area contributed by atoms with Gasteiger partial charge in [0, 0.05) is 12.4 Å². The van der Waals surface area contributed by atoms with E-state index in [2.05, 4.69) is 4.98 Å². The number of para-hydroxylation sites is 1. The Morgan fingerprint density at radius 1 is 1.40 bits per heavy atom. The molecule has 1 heterocycles. The average Bonchev–Trinajstić information content (AvgIpc) is 2.43. The van der Waals surface area contributed by atoms with Crippen molar-refractivity contribution in [1.82, 2.24) is 9.55 Å². The maximum atomic E-state index is 11.5. The van der Waals surface area contributed by atoms with E-state index in [-0.39, 0.29) is 23.6 Å². The van der Waals surface area contributed by atoms with Crippen molar-refractivity contribution in [2.45, 2.75) is 13.5 Å². The zero-order valence-electron chi connectivity index (χ0n) is 10.9. The van der Waals surface area contributed by atoms with E-state index in [1.807, 2.05) is 6.92 Å². The van der Waals surface area contributed by atoms with Crippen LogP contribution in [0.1, 0.15) is 15.9 Å². The molecule has 0 fully saturated rings. The standard InChI is InChI=1S/C14H14N2O4/c1-10-8-15-14(19)16(9-10)6-7-20-12-5-3-2-4-11(12)13(17)18/h2-5,8-9H,6-7H2,1H3,(H,17,18). The van der Waals surface area contributed by atoms with Crippen LogP contribution in [0.5, 0.6) is 5.75 Å². The van der Waals surface area contributed by atoms with E-state index in [1.165, 1.54) is 16.8 Å². The Morgan fingerprint density at radius 3 is 2.90 bits per heavy atom. The fourth-order valence-electron chi connectivity index (χ4n) is 1.75. The van der Waals surface area contributed by atoms with Crippen molar-refractivity contribution in [2.24, 2.45) is 0 Å². The summed E-state index contributed by atoms with van der Waals surface area (Å²) in [5.41, 5.74) is 0.614. The molecular formula is C14H14N2O4. The van der Waals surface area contributed by atoms with Crippen molar-refractivity contribution in [3.8, 4) is 5.75 Å². The second-order valence-electron chi connectivity index (χ2n) is 4.26. The predicted octanol–water partition coefficient (Wildman–Crippen LogP) is 1.33. The summed E-state index contributed by atoms with van der Waals surface area (Å²) in [7, 11) is 0. The SMILES string of the molecule is Cc1cnc(=O)n(CCOc2ccccc2C(=O)O)c1. The van der Waals surface area contributed by atoms with Gasteiger partial charge in [-0.1, -0.05) is 12.1 Å². The minimum Gasteiger partial charge on any atom is -0.491 e. The number of carbonyl (C=O) groups is 1. The van der Waals surface area contributed by atoms with Gasteiger partial charge in [-0.25, -0.2) is 14.6 Å². The number of aromatic carboxylic acids is 1. The summed E-state index contributed by atoms with van der Waals surface area (Å²) in [5.74, 6) is -0.761. The normalized spacial score (nSPS) is 10.2. The van der Waals surface area contributed by atoms with Crippen LogP contribution in [-0.4, -0.2) is 27.2 Å². The van der Waals surface area contributed by atoms with Gasteiger partial charge < -0.3 is 9.84 Å². The van der Waals surface area contributed by atoms with E-state index < -0.39 is 5.97 Å². The van der Waals surface area contributed by atoms with E-state index in [1.54, 1.807) is 24.4 Å². The first kappa shape index (κ1) is 13.8. The van der Waals surface area contributed by atoms with Gasteiger partial charge in [0.1, 0.15) is 17.9 Å². The summed E-state index contributed by atoms with van der Waals surface area (Å²) < 4.78 is 6.86. The highest BCUT2D eigenvalue weighted by Gasteiger charge is 2.09. The first-order valence-electron chi connectivity index (χ1n) is 6.06. The minimum absolute atomic E-state index is 0.0993. The van der Waals surface area contributed by atoms with Gasteiger partial charge in [-0.15, -0.1) is 0 Å². The molecule has 0 aliphatic rings. The quantitative estimate of drug-likeness (QED) is 0.889. The molecule has 0 unspecified atom stereocenters. The number of carboxylic acids is 1. The summed E-state index contributed by atoms with van der Waals surface area (Å²) in [6.45, 7) is 2.33. The van der Waals surface area contributed by atoms with Crippen LogP contribution in [0.4, 0.5) is 0 Å². The molecule has 0 saturated carbocycles. The number of hydrogen-bond acceptors (Lipinski definition) is 4. The molecule has 0 bridgehead atoms. The van der Waals surface area contributed by atoms with E-state index in [9.17, 15) is 9.59 Å². The molecule has 0 aliphatic heterocycles. The van der Waals surface area contributed by atoms with E-state index >= 15 is 0 Å². The Hall–Kier alpha value is -2.63. The second-order valence-corrected chi connectivity index (χ2v) is 4.26. The van der Waals surface area contributed by atoms with Gasteiger partial charge in [-0.3, -0.25) is 4.57 Å². The molecule has 1 aromatic carbocycles. The molecule has 0 aliphatic carbocycles. The molecule has 1 aromatic heterocycles. The fourth-order valence-corrected chi connectivity index (χ4v) is 1.75. The Morgan fingerprint density at radius 2 is 2.15 bits per heavy atom. The summed E-state index contributed by atoms with van der Waals surface area (Å²) in [6.07, 6.45) is 3.18. The summed E-state index contributed by atoms with van der Waals surface area (Å²) in [6, 6.07) is 6.38. The van der Waals surface area contributed by atoms with E-state index in [4.69, 9.17) is 9.84 Å². The third-order valence-electron chi connectivity index (χ3n) is 2.69. The third-order valence-corrected chi connectivity index (χ3v) is 2.69. The van der Waals surface area contributed by atoms with E-state index in [0.717, 1.165) is 5.56 Å². The molecular weight excluding hydrogens is 260 g/mol. The molecule has 1 N–H and O–H groups in total. The molecule has 0 radical (unpaired) electrons. The highest BCUT2D eigenvalue weighted by Crippen LogP contribution is 2.17. The molecule has 2 aromatic rings. The molecule has 0 spiro atoms. The Kier molecular flexibility index (Phi) is 4.14. The number of nitrogens with zero attached hydrogens (tertiary/aromatic N) is 2. The van der Waals surface area contributed by atoms with Crippen molar-refractivity contribution >= 4 is 5.97 Å². The largest absolute Gasteiger partial charge is 0.491 e. The van der Waals surface area contributed by atoms with Gasteiger partial charge in [0.05, 0.1) is 6.54 Å². The number of benzene rings is 1. The number of aromatic nitrogens is 2. The van der Waals surface area contributed by atoms with Gasteiger partial charge in [0.2, 0.25) is 0 Å². The molecule has 0 saturated heterocycles. The van der Waals surface area contributed by atoms with Crippen LogP contribution in [0.15, 0.2) is 41.5 Å². The third kappa shape index (κ3) is 3.23. The zero-order valence-corrected chi connectivity index (χ0v) is 10.9. The average molecular weight is 274 g/mol. The lowest BCUT2D eigenvalue weighted by molar-refractivity contribution is 0.0692. The first-order valence-corrected chi connectivity index (χ1v) is 6.06. The maximum Gasteiger partial charge on any atom is 0.347 e. The van der Waals surface area contributed by atoms with Crippen molar-refractivity contribution in [3.05, 3.63) is 58.3 Å². The Balaban J connectivity index is 2.05. The number of hydrogen-bond donors (Lipinski definition) is 1. The number of rotatable bonds is 5. The number of carboxylic acid groups (broad SMARTS) is 1.